The number of piperidine rings is 1. The van der Waals surface area contributed by atoms with Crippen LogP contribution in [-0.2, 0) is 0 Å². The lowest BCUT2D eigenvalue weighted by atomic mass is 10.1. The average molecular weight is 351 g/mol. The predicted molar refractivity (Wildman–Crippen MR) is 96.6 cm³/mol. The molecule has 1 saturated heterocycles. The zero-order valence-corrected chi connectivity index (χ0v) is 15.0. The molecule has 1 aliphatic rings. The van der Waals surface area contributed by atoms with Gasteiger partial charge in [-0.05, 0) is 56.2 Å². The van der Waals surface area contributed by atoms with Gasteiger partial charge in [-0.1, -0.05) is 13.8 Å². The Morgan fingerprint density at radius 1 is 1.42 bits per heavy atom. The molecule has 1 fully saturated rings. The number of amides is 1. The number of nitrogens with zero attached hydrogens (tertiary/aromatic N) is 1. The number of nitro groups is 1. The molecule has 0 radical (unpaired) electrons. The standard InChI is InChI=1S/C17H25N3O3S/c1-12(2)7-10-24-16-4-3-13(11-15(16)20(22)23)17(21)19-14-5-8-18-9-6-14/h3-4,11-12,14,18H,5-10H2,1-2H3,(H,19,21). The lowest BCUT2D eigenvalue weighted by Crippen LogP contribution is -2.42. The Labute approximate surface area is 146 Å². The van der Waals surface area contributed by atoms with Crippen LogP contribution in [0.3, 0.4) is 0 Å². The van der Waals surface area contributed by atoms with Crippen molar-refractivity contribution in [2.45, 2.75) is 44.0 Å². The molecule has 7 heteroatoms. The molecule has 2 rings (SSSR count). The fourth-order valence-electron chi connectivity index (χ4n) is 2.56. The third-order valence-corrected chi connectivity index (χ3v) is 5.14. The fraction of sp³-hybridized carbons (Fsp3) is 0.588. The molecule has 0 unspecified atom stereocenters. The Kier molecular flexibility index (Phi) is 7.05. The molecule has 6 nitrogen and oxygen atoms in total. The van der Waals surface area contributed by atoms with Gasteiger partial charge >= 0.3 is 0 Å². The first kappa shape index (κ1) is 18.7. The maximum Gasteiger partial charge on any atom is 0.283 e. The molecule has 1 aliphatic heterocycles. The van der Waals surface area contributed by atoms with Gasteiger partial charge in [0.2, 0.25) is 0 Å². The molecular formula is C17H25N3O3S. The van der Waals surface area contributed by atoms with E-state index in [1.54, 1.807) is 12.1 Å². The molecule has 2 N–H and O–H groups in total. The number of nitrogens with one attached hydrogen (secondary N) is 2. The highest BCUT2D eigenvalue weighted by Gasteiger charge is 2.20. The third kappa shape index (κ3) is 5.49. The summed E-state index contributed by atoms with van der Waals surface area (Å²) >= 11 is 1.48. The Bertz CT molecular complexity index is 586. The largest absolute Gasteiger partial charge is 0.349 e. The molecule has 0 atom stereocenters. The van der Waals surface area contributed by atoms with Crippen molar-refractivity contribution in [3.8, 4) is 0 Å². The smallest absolute Gasteiger partial charge is 0.283 e. The predicted octanol–water partition coefficient (Wildman–Crippen LogP) is 3.21. The van der Waals surface area contributed by atoms with Gasteiger partial charge in [0.25, 0.3) is 11.6 Å². The minimum atomic E-state index is -0.404. The molecule has 0 spiro atoms. The van der Waals surface area contributed by atoms with E-state index in [4.69, 9.17) is 0 Å². The molecule has 0 bridgehead atoms. The van der Waals surface area contributed by atoms with Gasteiger partial charge in [-0.3, -0.25) is 14.9 Å². The normalized spacial score (nSPS) is 15.5. The second-order valence-corrected chi connectivity index (χ2v) is 7.61. The van der Waals surface area contributed by atoms with Crippen LogP contribution >= 0.6 is 11.8 Å². The third-order valence-electron chi connectivity index (χ3n) is 4.04. The van der Waals surface area contributed by atoms with E-state index in [2.05, 4.69) is 24.5 Å². The number of nitro benzene ring substituents is 1. The summed E-state index contributed by atoms with van der Waals surface area (Å²) in [6, 6.07) is 4.91. The topological polar surface area (TPSA) is 84.3 Å². The number of thioether (sulfide) groups is 1. The number of hydrogen-bond donors (Lipinski definition) is 2. The first-order chi connectivity index (χ1) is 11.5. The molecule has 0 saturated carbocycles. The van der Waals surface area contributed by atoms with Crippen molar-refractivity contribution in [3.05, 3.63) is 33.9 Å². The van der Waals surface area contributed by atoms with Gasteiger partial charge in [-0.2, -0.15) is 0 Å². The van der Waals surface area contributed by atoms with Crippen molar-refractivity contribution in [2.24, 2.45) is 5.92 Å². The van der Waals surface area contributed by atoms with Gasteiger partial charge in [0.05, 0.1) is 9.82 Å². The molecule has 1 aromatic carbocycles. The Morgan fingerprint density at radius 3 is 2.75 bits per heavy atom. The summed E-state index contributed by atoms with van der Waals surface area (Å²) in [4.78, 5) is 23.9. The summed E-state index contributed by atoms with van der Waals surface area (Å²) in [5.74, 6) is 1.16. The number of hydrogen-bond acceptors (Lipinski definition) is 5. The van der Waals surface area contributed by atoms with Crippen LogP contribution in [0.1, 0.15) is 43.5 Å². The van der Waals surface area contributed by atoms with Crippen LogP contribution in [0.4, 0.5) is 5.69 Å². The van der Waals surface area contributed by atoms with Gasteiger partial charge < -0.3 is 10.6 Å². The Hall–Kier alpha value is -1.60. The number of benzene rings is 1. The van der Waals surface area contributed by atoms with Crippen molar-refractivity contribution in [2.75, 3.05) is 18.8 Å². The van der Waals surface area contributed by atoms with E-state index in [1.165, 1.54) is 17.8 Å². The van der Waals surface area contributed by atoms with Gasteiger partial charge in [0, 0.05) is 17.7 Å². The van der Waals surface area contributed by atoms with Crippen LogP contribution in [0, 0.1) is 16.0 Å². The van der Waals surface area contributed by atoms with Crippen LogP contribution in [0.25, 0.3) is 0 Å². The van der Waals surface area contributed by atoms with Gasteiger partial charge in [0.15, 0.2) is 0 Å². The van der Waals surface area contributed by atoms with Gasteiger partial charge in [-0.25, -0.2) is 0 Å². The van der Waals surface area contributed by atoms with Crippen molar-refractivity contribution in [1.82, 2.24) is 10.6 Å². The lowest BCUT2D eigenvalue weighted by Gasteiger charge is -2.23. The van der Waals surface area contributed by atoms with Crippen LogP contribution < -0.4 is 10.6 Å². The highest BCUT2D eigenvalue weighted by atomic mass is 32.2. The highest BCUT2D eigenvalue weighted by Crippen LogP contribution is 2.31. The molecule has 1 amide bonds. The van der Waals surface area contributed by atoms with Crippen molar-refractivity contribution in [1.29, 1.82) is 0 Å². The zero-order chi connectivity index (χ0) is 17.5. The maximum absolute atomic E-state index is 12.3. The summed E-state index contributed by atoms with van der Waals surface area (Å²) in [6.45, 7) is 6.03. The quantitative estimate of drug-likeness (QED) is 0.448. The van der Waals surface area contributed by atoms with E-state index in [0.29, 0.717) is 16.4 Å². The molecular weight excluding hydrogens is 326 g/mol. The highest BCUT2D eigenvalue weighted by molar-refractivity contribution is 7.99. The summed E-state index contributed by atoms with van der Waals surface area (Å²) in [5.41, 5.74) is 0.371. The molecule has 132 valence electrons. The molecule has 0 aliphatic carbocycles. The molecule has 24 heavy (non-hydrogen) atoms. The number of carbonyl (C=O) groups is 1. The summed E-state index contributed by atoms with van der Waals surface area (Å²) < 4.78 is 0. The van der Waals surface area contributed by atoms with E-state index in [-0.39, 0.29) is 17.6 Å². The van der Waals surface area contributed by atoms with E-state index in [0.717, 1.165) is 38.1 Å². The Morgan fingerprint density at radius 2 is 2.12 bits per heavy atom. The van der Waals surface area contributed by atoms with Crippen molar-refractivity contribution >= 4 is 23.4 Å². The van der Waals surface area contributed by atoms with E-state index >= 15 is 0 Å². The second-order valence-electron chi connectivity index (χ2n) is 6.47. The summed E-state index contributed by atoms with van der Waals surface area (Å²) in [5, 5.41) is 17.5. The molecule has 1 aromatic rings. The van der Waals surface area contributed by atoms with E-state index in [1.807, 2.05) is 0 Å². The van der Waals surface area contributed by atoms with Crippen molar-refractivity contribution < 1.29 is 9.72 Å². The van der Waals surface area contributed by atoms with Crippen LogP contribution in [0.5, 0.6) is 0 Å². The van der Waals surface area contributed by atoms with E-state index < -0.39 is 4.92 Å². The summed E-state index contributed by atoms with van der Waals surface area (Å²) in [6.07, 6.45) is 2.77. The lowest BCUT2D eigenvalue weighted by molar-refractivity contribution is -0.387. The van der Waals surface area contributed by atoms with E-state index in [9.17, 15) is 14.9 Å². The SMILES string of the molecule is CC(C)CCSc1ccc(C(=O)NC2CCNCC2)cc1[N+](=O)[O-]. The minimum Gasteiger partial charge on any atom is -0.349 e. The second kappa shape index (κ2) is 9.03. The summed E-state index contributed by atoms with van der Waals surface area (Å²) in [7, 11) is 0. The van der Waals surface area contributed by atoms with Gasteiger partial charge in [0.1, 0.15) is 0 Å². The maximum atomic E-state index is 12.3. The van der Waals surface area contributed by atoms with Gasteiger partial charge in [-0.15, -0.1) is 11.8 Å². The first-order valence-corrected chi connectivity index (χ1v) is 9.38. The zero-order valence-electron chi connectivity index (χ0n) is 14.2. The molecule has 0 aromatic heterocycles. The number of rotatable bonds is 7. The molecule has 1 heterocycles. The Balaban J connectivity index is 2.06. The first-order valence-electron chi connectivity index (χ1n) is 8.40. The van der Waals surface area contributed by atoms with Crippen LogP contribution in [0.2, 0.25) is 0 Å². The van der Waals surface area contributed by atoms with Crippen LogP contribution in [-0.4, -0.2) is 35.7 Å². The monoisotopic (exact) mass is 351 g/mol. The number of carbonyl (C=O) groups excluding carboxylic acids is 1. The van der Waals surface area contributed by atoms with Crippen molar-refractivity contribution in [3.63, 3.8) is 0 Å². The minimum absolute atomic E-state index is 0.0155. The van der Waals surface area contributed by atoms with Crippen LogP contribution in [0.15, 0.2) is 23.1 Å². The fourth-order valence-corrected chi connectivity index (χ4v) is 3.82. The average Bonchev–Trinajstić information content (AvgIpc) is 2.55.